The van der Waals surface area contributed by atoms with E-state index in [1.165, 1.54) is 83.5 Å². The summed E-state index contributed by atoms with van der Waals surface area (Å²) in [5.41, 5.74) is 0. The summed E-state index contributed by atoms with van der Waals surface area (Å²) in [6, 6.07) is 0. The number of phosphoric acid groups is 1. The van der Waals surface area contributed by atoms with Crippen molar-refractivity contribution in [1.82, 2.24) is 0 Å². The molecule has 0 aromatic rings. The lowest BCUT2D eigenvalue weighted by molar-refractivity contribution is -0.220. The Morgan fingerprint density at radius 1 is 0.508 bits per heavy atom. The van der Waals surface area contributed by atoms with E-state index in [2.05, 4.69) is 38.2 Å². The van der Waals surface area contributed by atoms with Crippen molar-refractivity contribution in [3.05, 3.63) is 24.3 Å². The number of ether oxygens (including phenoxy) is 2. The molecule has 59 heavy (non-hydrogen) atoms. The molecule has 1 fully saturated rings. The molecule has 346 valence electrons. The van der Waals surface area contributed by atoms with Crippen LogP contribution in [-0.4, -0.2) is 98.3 Å². The van der Waals surface area contributed by atoms with Gasteiger partial charge in [0.15, 0.2) is 6.10 Å². The molecule has 0 bridgehead atoms. The number of aliphatic hydroxyl groups excluding tert-OH is 5. The highest BCUT2D eigenvalue weighted by atomic mass is 31.2. The largest absolute Gasteiger partial charge is 0.472 e. The van der Waals surface area contributed by atoms with Crippen LogP contribution in [0.2, 0.25) is 0 Å². The number of carbonyl (C=O) groups excluding carboxylic acids is 2. The molecule has 0 aromatic carbocycles. The molecule has 0 aromatic heterocycles. The van der Waals surface area contributed by atoms with Crippen LogP contribution in [-0.2, 0) is 32.7 Å². The van der Waals surface area contributed by atoms with Gasteiger partial charge < -0.3 is 39.9 Å². The first-order valence-corrected chi connectivity index (χ1v) is 24.6. The van der Waals surface area contributed by atoms with Gasteiger partial charge in [0, 0.05) is 12.8 Å². The summed E-state index contributed by atoms with van der Waals surface area (Å²) in [7, 11) is -5.12. The van der Waals surface area contributed by atoms with E-state index in [0.29, 0.717) is 12.8 Å². The zero-order valence-electron chi connectivity index (χ0n) is 36.6. The lowest BCUT2D eigenvalue weighted by atomic mass is 9.85. The predicted octanol–water partition coefficient (Wildman–Crippen LogP) is 8.84. The fraction of sp³-hybridized carbons (Fsp3) is 0.867. The van der Waals surface area contributed by atoms with Crippen molar-refractivity contribution in [3.8, 4) is 0 Å². The van der Waals surface area contributed by atoms with Gasteiger partial charge in [-0.25, -0.2) is 4.57 Å². The van der Waals surface area contributed by atoms with E-state index in [1.807, 2.05) is 0 Å². The van der Waals surface area contributed by atoms with Gasteiger partial charge in [-0.15, -0.1) is 0 Å². The first kappa shape index (κ1) is 55.3. The second-order valence-electron chi connectivity index (χ2n) is 16.3. The summed E-state index contributed by atoms with van der Waals surface area (Å²) in [5.74, 6) is -1.11. The monoisotopic (exact) mass is 863 g/mol. The van der Waals surface area contributed by atoms with Gasteiger partial charge in [0.25, 0.3) is 0 Å². The standard InChI is InChI=1S/C45H83O13P/c1-3-5-7-9-11-13-15-17-19-21-23-25-27-29-31-33-38(46)55-35-37(36-56-59(53,54)58-45-43(51)41(49)40(48)42(50)44(45)52)57-39(47)34-32-30-28-26-24-22-20-18-16-14-12-10-8-6-4-2/h13-16,37,40-45,48-52H,3-12,17-36H2,1-2H3,(H,53,54)/b15-13-,16-14-/t37-,40?,41-,42?,43?,44?,45?/m1/s1. The average molecular weight is 863 g/mol. The van der Waals surface area contributed by atoms with Crippen LogP contribution < -0.4 is 0 Å². The first-order valence-electron chi connectivity index (χ1n) is 23.1. The Labute approximate surface area is 356 Å². The maximum absolute atomic E-state index is 12.8. The molecular weight excluding hydrogens is 779 g/mol. The number of unbranched alkanes of at least 4 members (excludes halogenated alkanes) is 22. The summed E-state index contributed by atoms with van der Waals surface area (Å²) in [5, 5.41) is 50.1. The number of allylic oxidation sites excluding steroid dienone is 4. The minimum absolute atomic E-state index is 0.0924. The van der Waals surface area contributed by atoms with Gasteiger partial charge >= 0.3 is 19.8 Å². The van der Waals surface area contributed by atoms with Crippen molar-refractivity contribution in [1.29, 1.82) is 0 Å². The predicted molar refractivity (Wildman–Crippen MR) is 230 cm³/mol. The fourth-order valence-electron chi connectivity index (χ4n) is 6.98. The molecule has 0 spiro atoms. The first-order chi connectivity index (χ1) is 28.4. The lowest BCUT2D eigenvalue weighted by Gasteiger charge is -2.41. The van der Waals surface area contributed by atoms with Gasteiger partial charge in [0.05, 0.1) is 6.61 Å². The minimum atomic E-state index is -5.12. The molecule has 1 rings (SSSR count). The van der Waals surface area contributed by atoms with Gasteiger partial charge in [-0.05, 0) is 64.2 Å². The number of hydrogen-bond donors (Lipinski definition) is 6. The van der Waals surface area contributed by atoms with Crippen molar-refractivity contribution >= 4 is 19.8 Å². The third-order valence-corrected chi connectivity index (χ3v) is 11.8. The van der Waals surface area contributed by atoms with Crippen LogP contribution in [0.15, 0.2) is 24.3 Å². The highest BCUT2D eigenvalue weighted by Gasteiger charge is 2.51. The van der Waals surface area contributed by atoms with E-state index in [0.717, 1.165) is 70.6 Å². The Balaban J connectivity index is 2.46. The average Bonchev–Trinajstić information content (AvgIpc) is 3.21. The van der Waals surface area contributed by atoms with Crippen LogP contribution in [0.3, 0.4) is 0 Å². The summed E-state index contributed by atoms with van der Waals surface area (Å²) in [6.07, 6.45) is 25.1. The maximum atomic E-state index is 12.8. The zero-order valence-corrected chi connectivity index (χ0v) is 37.4. The fourth-order valence-corrected chi connectivity index (χ4v) is 7.95. The summed E-state index contributed by atoms with van der Waals surface area (Å²) in [4.78, 5) is 35.7. The van der Waals surface area contributed by atoms with E-state index >= 15 is 0 Å². The van der Waals surface area contributed by atoms with Crippen molar-refractivity contribution in [2.75, 3.05) is 13.2 Å². The van der Waals surface area contributed by atoms with Gasteiger partial charge in [0.1, 0.15) is 43.2 Å². The number of esters is 2. The lowest BCUT2D eigenvalue weighted by Crippen LogP contribution is -2.64. The molecule has 13 nitrogen and oxygen atoms in total. The molecule has 14 heteroatoms. The molecule has 0 saturated heterocycles. The van der Waals surface area contributed by atoms with Gasteiger partial charge in [-0.2, -0.15) is 0 Å². The van der Waals surface area contributed by atoms with Gasteiger partial charge in [0.2, 0.25) is 0 Å². The van der Waals surface area contributed by atoms with Crippen LogP contribution in [0.5, 0.6) is 0 Å². The molecule has 1 saturated carbocycles. The van der Waals surface area contributed by atoms with Crippen molar-refractivity contribution in [2.45, 2.75) is 236 Å². The normalized spacial score (nSPS) is 22.5. The molecule has 0 amide bonds. The van der Waals surface area contributed by atoms with Gasteiger partial charge in [-0.1, -0.05) is 141 Å². The van der Waals surface area contributed by atoms with Crippen molar-refractivity contribution in [2.24, 2.45) is 0 Å². The smallest absolute Gasteiger partial charge is 0.462 e. The molecule has 1 aliphatic rings. The SMILES string of the molecule is CCCCCC/C=C\CCCCCCCCCC(=O)OC[C@H](COP(=O)(O)OC1C(O)C(O)C(O)[C@@H](O)C1O)OC(=O)CCCCCCCCC/C=C\CCCCCC. The topological polar surface area (TPSA) is 210 Å². The second kappa shape index (κ2) is 35.9. The van der Waals surface area contributed by atoms with E-state index in [-0.39, 0.29) is 12.8 Å². The molecule has 0 aliphatic heterocycles. The van der Waals surface area contributed by atoms with Crippen molar-refractivity contribution < 1.29 is 63.1 Å². The Bertz CT molecular complexity index is 1130. The van der Waals surface area contributed by atoms with E-state index in [9.17, 15) is 44.6 Å². The number of phosphoric ester groups is 1. The Kier molecular flexibility index (Phi) is 33.7. The number of rotatable bonds is 38. The van der Waals surface area contributed by atoms with Crippen molar-refractivity contribution in [3.63, 3.8) is 0 Å². The zero-order chi connectivity index (χ0) is 43.6. The number of carbonyl (C=O) groups is 2. The molecule has 6 unspecified atom stereocenters. The van der Waals surface area contributed by atoms with Crippen LogP contribution in [0.25, 0.3) is 0 Å². The summed E-state index contributed by atoms with van der Waals surface area (Å²) >= 11 is 0. The third kappa shape index (κ3) is 28.5. The molecule has 1 aliphatic carbocycles. The highest BCUT2D eigenvalue weighted by molar-refractivity contribution is 7.47. The molecule has 8 atom stereocenters. The quantitative estimate of drug-likeness (QED) is 0.0149. The number of hydrogen-bond acceptors (Lipinski definition) is 12. The maximum Gasteiger partial charge on any atom is 0.472 e. The third-order valence-electron chi connectivity index (χ3n) is 10.8. The van der Waals surface area contributed by atoms with Gasteiger partial charge in [-0.3, -0.25) is 18.6 Å². The molecule has 0 heterocycles. The van der Waals surface area contributed by atoms with Crippen LogP contribution in [0.4, 0.5) is 0 Å². The van der Waals surface area contributed by atoms with Crippen LogP contribution >= 0.6 is 7.82 Å². The van der Waals surface area contributed by atoms with Crippen LogP contribution in [0, 0.1) is 0 Å². The van der Waals surface area contributed by atoms with E-state index in [4.69, 9.17) is 18.5 Å². The van der Waals surface area contributed by atoms with E-state index in [1.54, 1.807) is 0 Å². The second-order valence-corrected chi connectivity index (χ2v) is 17.7. The summed E-state index contributed by atoms with van der Waals surface area (Å²) < 4.78 is 33.5. The molecule has 0 radical (unpaired) electrons. The highest BCUT2D eigenvalue weighted by Crippen LogP contribution is 2.47. The Hall–Kier alpha value is -1.67. The van der Waals surface area contributed by atoms with E-state index < -0.39 is 75.7 Å². The summed E-state index contributed by atoms with van der Waals surface area (Å²) in [6.45, 7) is 3.27. The van der Waals surface area contributed by atoms with Crippen LogP contribution in [0.1, 0.15) is 194 Å². The molecule has 6 N–H and O–H groups in total. The Morgan fingerprint density at radius 3 is 1.29 bits per heavy atom. The number of aliphatic hydroxyl groups is 5. The minimum Gasteiger partial charge on any atom is -0.462 e. The molecular formula is C45H83O13P. The Morgan fingerprint density at radius 2 is 0.864 bits per heavy atom.